The standard InChI is InChI=1S/C16H20N4O2S3/c21-13(10-12-6-5-9-23-12)17-15-18-19-16(25-15)24-11-14(22)20-7-3-1-2-4-8-20/h5-6,9H,1-4,7-8,10-11H2,(H,17,18,21). The van der Waals surface area contributed by atoms with Crippen LogP contribution in [-0.2, 0) is 16.0 Å². The Balaban J connectivity index is 1.44. The lowest BCUT2D eigenvalue weighted by molar-refractivity contribution is -0.128. The van der Waals surface area contributed by atoms with E-state index in [0.29, 0.717) is 21.6 Å². The van der Waals surface area contributed by atoms with E-state index >= 15 is 0 Å². The second kappa shape index (κ2) is 9.30. The first kappa shape index (κ1) is 18.3. The fourth-order valence-corrected chi connectivity index (χ4v) is 4.96. The predicted molar refractivity (Wildman–Crippen MR) is 102 cm³/mol. The van der Waals surface area contributed by atoms with Crippen molar-refractivity contribution in [1.29, 1.82) is 0 Å². The quantitative estimate of drug-likeness (QED) is 0.599. The molecule has 9 heteroatoms. The maximum atomic E-state index is 12.3. The number of amides is 2. The first-order valence-corrected chi connectivity index (χ1v) is 11.0. The number of anilines is 1. The third-order valence-electron chi connectivity index (χ3n) is 3.85. The Kier molecular flexibility index (Phi) is 6.83. The number of hydrogen-bond donors (Lipinski definition) is 1. The molecule has 2 amide bonds. The summed E-state index contributed by atoms with van der Waals surface area (Å²) in [6, 6.07) is 3.86. The van der Waals surface area contributed by atoms with Crippen molar-refractivity contribution >= 4 is 51.4 Å². The molecule has 0 spiro atoms. The Hall–Kier alpha value is -1.45. The fourth-order valence-electron chi connectivity index (χ4n) is 2.59. The van der Waals surface area contributed by atoms with Crippen molar-refractivity contribution in [1.82, 2.24) is 15.1 Å². The minimum atomic E-state index is -0.101. The number of nitrogens with zero attached hydrogens (tertiary/aromatic N) is 3. The van der Waals surface area contributed by atoms with Crippen molar-refractivity contribution in [2.24, 2.45) is 0 Å². The van der Waals surface area contributed by atoms with E-state index < -0.39 is 0 Å². The van der Waals surface area contributed by atoms with E-state index in [9.17, 15) is 9.59 Å². The van der Waals surface area contributed by atoms with Crippen molar-refractivity contribution < 1.29 is 9.59 Å². The average molecular weight is 397 g/mol. The molecule has 6 nitrogen and oxygen atoms in total. The molecule has 1 aliphatic rings. The van der Waals surface area contributed by atoms with Crippen molar-refractivity contribution in [3.8, 4) is 0 Å². The molecule has 3 rings (SSSR count). The molecular weight excluding hydrogens is 376 g/mol. The van der Waals surface area contributed by atoms with E-state index in [4.69, 9.17) is 0 Å². The summed E-state index contributed by atoms with van der Waals surface area (Å²) in [7, 11) is 0. The number of aromatic nitrogens is 2. The average Bonchev–Trinajstić information content (AvgIpc) is 3.18. The molecule has 25 heavy (non-hydrogen) atoms. The first-order chi connectivity index (χ1) is 12.2. The minimum Gasteiger partial charge on any atom is -0.342 e. The van der Waals surface area contributed by atoms with Gasteiger partial charge in [0.2, 0.25) is 16.9 Å². The van der Waals surface area contributed by atoms with Crippen LogP contribution in [0.4, 0.5) is 5.13 Å². The molecule has 0 unspecified atom stereocenters. The van der Waals surface area contributed by atoms with Gasteiger partial charge in [0.05, 0.1) is 12.2 Å². The Morgan fingerprint density at radius 2 is 2.00 bits per heavy atom. The molecule has 0 bridgehead atoms. The highest BCUT2D eigenvalue weighted by Crippen LogP contribution is 2.26. The molecule has 1 N–H and O–H groups in total. The van der Waals surface area contributed by atoms with Crippen molar-refractivity contribution in [2.45, 2.75) is 36.4 Å². The van der Waals surface area contributed by atoms with Gasteiger partial charge in [0.25, 0.3) is 0 Å². The Morgan fingerprint density at radius 1 is 1.20 bits per heavy atom. The maximum Gasteiger partial charge on any atom is 0.233 e. The summed E-state index contributed by atoms with van der Waals surface area (Å²) in [5, 5.41) is 13.2. The highest BCUT2D eigenvalue weighted by atomic mass is 32.2. The van der Waals surface area contributed by atoms with E-state index in [1.165, 1.54) is 35.9 Å². The summed E-state index contributed by atoms with van der Waals surface area (Å²) >= 11 is 4.25. The summed E-state index contributed by atoms with van der Waals surface area (Å²) in [6.07, 6.45) is 4.95. The van der Waals surface area contributed by atoms with Gasteiger partial charge < -0.3 is 10.2 Å². The van der Waals surface area contributed by atoms with Crippen LogP contribution in [0.5, 0.6) is 0 Å². The largest absolute Gasteiger partial charge is 0.342 e. The van der Waals surface area contributed by atoms with Gasteiger partial charge in [0, 0.05) is 18.0 Å². The molecule has 0 atom stereocenters. The summed E-state index contributed by atoms with van der Waals surface area (Å²) in [6.45, 7) is 1.72. The van der Waals surface area contributed by atoms with Crippen molar-refractivity contribution in [3.05, 3.63) is 22.4 Å². The van der Waals surface area contributed by atoms with Gasteiger partial charge >= 0.3 is 0 Å². The molecule has 1 fully saturated rings. The molecule has 3 heterocycles. The molecule has 0 radical (unpaired) electrons. The lowest BCUT2D eigenvalue weighted by Crippen LogP contribution is -2.33. The van der Waals surface area contributed by atoms with Crippen molar-refractivity contribution in [3.63, 3.8) is 0 Å². The number of carbonyl (C=O) groups excluding carboxylic acids is 2. The lowest BCUT2D eigenvalue weighted by atomic mass is 10.2. The Morgan fingerprint density at radius 3 is 2.72 bits per heavy atom. The summed E-state index contributed by atoms with van der Waals surface area (Å²) in [5.74, 6) is 0.429. The highest BCUT2D eigenvalue weighted by Gasteiger charge is 2.17. The van der Waals surface area contributed by atoms with Gasteiger partial charge in [0.1, 0.15) is 0 Å². The van der Waals surface area contributed by atoms with E-state index in [1.807, 2.05) is 22.4 Å². The van der Waals surface area contributed by atoms with Gasteiger partial charge in [-0.05, 0) is 24.3 Å². The first-order valence-electron chi connectivity index (χ1n) is 8.27. The van der Waals surface area contributed by atoms with Crippen LogP contribution in [0, 0.1) is 0 Å². The van der Waals surface area contributed by atoms with Crippen LogP contribution in [0.15, 0.2) is 21.9 Å². The lowest BCUT2D eigenvalue weighted by Gasteiger charge is -2.19. The molecule has 2 aromatic rings. The third kappa shape index (κ3) is 5.79. The van der Waals surface area contributed by atoms with Gasteiger partial charge in [-0.3, -0.25) is 9.59 Å². The van der Waals surface area contributed by atoms with E-state index in [2.05, 4.69) is 15.5 Å². The summed E-state index contributed by atoms with van der Waals surface area (Å²) in [4.78, 5) is 27.2. The molecule has 0 saturated carbocycles. The molecule has 1 aliphatic heterocycles. The number of likely N-dealkylation sites (tertiary alicyclic amines) is 1. The normalized spacial score (nSPS) is 15.0. The number of carbonyl (C=O) groups is 2. The molecule has 134 valence electrons. The van der Waals surface area contributed by atoms with Gasteiger partial charge in [0.15, 0.2) is 4.34 Å². The van der Waals surface area contributed by atoms with E-state index in [1.54, 1.807) is 11.3 Å². The zero-order valence-electron chi connectivity index (χ0n) is 13.8. The van der Waals surface area contributed by atoms with Gasteiger partial charge in [-0.1, -0.05) is 42.0 Å². The number of thiophene rings is 1. The Labute approximate surface area is 159 Å². The van der Waals surface area contributed by atoms with Crippen LogP contribution < -0.4 is 5.32 Å². The van der Waals surface area contributed by atoms with Crippen LogP contribution in [0.1, 0.15) is 30.6 Å². The molecule has 0 aromatic carbocycles. The van der Waals surface area contributed by atoms with Crippen LogP contribution in [0.25, 0.3) is 0 Å². The summed E-state index contributed by atoms with van der Waals surface area (Å²) < 4.78 is 0.703. The van der Waals surface area contributed by atoms with Crippen LogP contribution in [0.2, 0.25) is 0 Å². The van der Waals surface area contributed by atoms with Crippen LogP contribution in [0.3, 0.4) is 0 Å². The smallest absolute Gasteiger partial charge is 0.233 e. The summed E-state index contributed by atoms with van der Waals surface area (Å²) in [5.41, 5.74) is 0. The zero-order valence-corrected chi connectivity index (χ0v) is 16.2. The second-order valence-corrected chi connectivity index (χ2v) is 8.99. The Bertz CT molecular complexity index is 694. The number of rotatable bonds is 6. The molecule has 1 saturated heterocycles. The fraction of sp³-hybridized carbons (Fsp3) is 0.500. The monoisotopic (exact) mass is 396 g/mol. The van der Waals surface area contributed by atoms with Crippen LogP contribution in [-0.4, -0.2) is 45.8 Å². The van der Waals surface area contributed by atoms with E-state index in [0.717, 1.165) is 30.8 Å². The molecular formula is C16H20N4O2S3. The molecule has 2 aromatic heterocycles. The highest BCUT2D eigenvalue weighted by molar-refractivity contribution is 8.01. The molecule has 0 aliphatic carbocycles. The van der Waals surface area contributed by atoms with Crippen molar-refractivity contribution in [2.75, 3.05) is 24.2 Å². The van der Waals surface area contributed by atoms with Gasteiger partial charge in [-0.25, -0.2) is 0 Å². The number of thioether (sulfide) groups is 1. The predicted octanol–water partition coefficient (Wildman–Crippen LogP) is 3.28. The second-order valence-electron chi connectivity index (χ2n) is 5.76. The van der Waals surface area contributed by atoms with Gasteiger partial charge in [-0.2, -0.15) is 0 Å². The minimum absolute atomic E-state index is 0.101. The SMILES string of the molecule is O=C(Cc1cccs1)Nc1nnc(SCC(=O)N2CCCCCC2)s1. The number of nitrogens with one attached hydrogen (secondary N) is 1. The van der Waals surface area contributed by atoms with Crippen LogP contribution >= 0.6 is 34.4 Å². The topological polar surface area (TPSA) is 75.2 Å². The maximum absolute atomic E-state index is 12.3. The zero-order chi connectivity index (χ0) is 17.5. The van der Waals surface area contributed by atoms with E-state index in [-0.39, 0.29) is 11.8 Å². The van der Waals surface area contributed by atoms with Gasteiger partial charge in [-0.15, -0.1) is 21.5 Å². The third-order valence-corrected chi connectivity index (χ3v) is 6.68. The number of hydrogen-bond acceptors (Lipinski definition) is 7.